The Morgan fingerprint density at radius 2 is 1.41 bits per heavy atom. The molecule has 0 radical (unpaired) electrons. The Morgan fingerprint density at radius 3 is 1.86 bits per heavy atom. The first-order chi connectivity index (χ1) is 13.3. The fraction of sp³-hybridized carbons (Fsp3) is 0.316. The van der Waals surface area contributed by atoms with Gasteiger partial charge in [0.25, 0.3) is 10.1 Å². The number of benzene rings is 2. The van der Waals surface area contributed by atoms with E-state index in [2.05, 4.69) is 5.32 Å². The summed E-state index contributed by atoms with van der Waals surface area (Å²) in [6, 6.07) is 15.6. The van der Waals surface area contributed by atoms with Gasteiger partial charge < -0.3 is 9.50 Å². The number of hydrogen-bond donors (Lipinski definition) is 2. The lowest BCUT2D eigenvalue weighted by molar-refractivity contribution is 0.0945. The lowest BCUT2D eigenvalue weighted by Gasteiger charge is -2.19. The molecule has 29 heavy (non-hydrogen) atoms. The molecule has 0 amide bonds. The van der Waals surface area contributed by atoms with Crippen LogP contribution in [0.3, 0.4) is 0 Å². The molecule has 0 aliphatic heterocycles. The van der Waals surface area contributed by atoms with Gasteiger partial charge in [-0.1, -0.05) is 30.3 Å². The maximum Gasteiger partial charge on any atom is 0.306 e. The van der Waals surface area contributed by atoms with E-state index in [-0.39, 0.29) is 23.6 Å². The summed E-state index contributed by atoms with van der Waals surface area (Å²) in [5.74, 6) is 0.121. The fourth-order valence-electron chi connectivity index (χ4n) is 2.39. The number of carbonyl (C=O) groups excluding carboxylic acids is 1. The molecule has 0 aromatic heterocycles. The molecule has 0 aliphatic rings. The molecular weight excluding hydrogens is 418 g/mol. The SMILES string of the molecule is CS(=O)(=O)O.C[C@H](N[C@H](C)c1ccccc1)C(=O)c1ccc(OS(C)(=O)=O)cc1. The molecule has 2 N–H and O–H groups in total. The van der Waals surface area contributed by atoms with Gasteiger partial charge in [0.1, 0.15) is 5.75 Å². The topological polar surface area (TPSA) is 127 Å². The molecule has 8 nitrogen and oxygen atoms in total. The molecule has 0 heterocycles. The maximum atomic E-state index is 12.5. The highest BCUT2D eigenvalue weighted by atomic mass is 32.2. The van der Waals surface area contributed by atoms with E-state index in [0.717, 1.165) is 11.8 Å². The van der Waals surface area contributed by atoms with Crippen LogP contribution >= 0.6 is 0 Å². The number of hydrogen-bond acceptors (Lipinski definition) is 7. The van der Waals surface area contributed by atoms with E-state index >= 15 is 0 Å². The average molecular weight is 444 g/mol. The average Bonchev–Trinajstić information content (AvgIpc) is 2.59. The maximum absolute atomic E-state index is 12.5. The molecule has 0 saturated carbocycles. The number of Topliss-reactive ketones (excluding diaryl/α,β-unsaturated/α-hetero) is 1. The lowest BCUT2D eigenvalue weighted by Crippen LogP contribution is -2.35. The van der Waals surface area contributed by atoms with Crippen LogP contribution in [0.2, 0.25) is 0 Å². The van der Waals surface area contributed by atoms with Gasteiger partial charge in [-0.15, -0.1) is 0 Å². The second kappa shape index (κ2) is 10.5. The summed E-state index contributed by atoms with van der Waals surface area (Å²) in [6.07, 6.45) is 1.69. The standard InChI is InChI=1S/C18H21NO4S.CH4O3S/c1-13(15-7-5-4-6-8-15)19-14(2)18(20)16-9-11-17(12-10-16)23-24(3,21)22;1-5(2,3)4/h4-14,19H,1-3H3;1H3,(H,2,3,4)/t13-,14+;/m1./s1. The van der Waals surface area contributed by atoms with Gasteiger partial charge in [-0.2, -0.15) is 16.8 Å². The van der Waals surface area contributed by atoms with Crippen molar-refractivity contribution in [1.29, 1.82) is 0 Å². The third-order valence-corrected chi connectivity index (χ3v) is 4.07. The summed E-state index contributed by atoms with van der Waals surface area (Å²) >= 11 is 0. The molecule has 0 unspecified atom stereocenters. The first kappa shape index (κ1) is 24.8. The van der Waals surface area contributed by atoms with E-state index in [1.54, 1.807) is 12.1 Å². The van der Waals surface area contributed by atoms with E-state index in [9.17, 15) is 21.6 Å². The normalized spacial score (nSPS) is 13.6. The molecule has 2 atom stereocenters. The third kappa shape index (κ3) is 10.7. The van der Waals surface area contributed by atoms with Gasteiger partial charge in [-0.3, -0.25) is 9.35 Å². The first-order valence-corrected chi connectivity index (χ1v) is 12.2. The van der Waals surface area contributed by atoms with E-state index in [1.165, 1.54) is 12.1 Å². The minimum Gasteiger partial charge on any atom is -0.383 e. The molecule has 0 spiro atoms. The first-order valence-electron chi connectivity index (χ1n) is 8.53. The van der Waals surface area contributed by atoms with Crippen LogP contribution in [-0.2, 0) is 20.2 Å². The van der Waals surface area contributed by atoms with Crippen LogP contribution in [0.5, 0.6) is 5.75 Å². The smallest absolute Gasteiger partial charge is 0.306 e. The summed E-state index contributed by atoms with van der Waals surface area (Å²) in [6.45, 7) is 3.81. The van der Waals surface area contributed by atoms with Gasteiger partial charge in [0.15, 0.2) is 5.78 Å². The quantitative estimate of drug-likeness (QED) is 0.380. The Morgan fingerprint density at radius 1 is 0.931 bits per heavy atom. The number of carbonyl (C=O) groups is 1. The van der Waals surface area contributed by atoms with Crippen molar-refractivity contribution in [2.24, 2.45) is 0 Å². The molecule has 2 aromatic carbocycles. The minimum atomic E-state index is -3.67. The second-order valence-corrected chi connectivity index (χ2v) is 9.47. The molecule has 0 bridgehead atoms. The Balaban J connectivity index is 0.000000749. The zero-order chi connectivity index (χ0) is 22.2. The van der Waals surface area contributed by atoms with E-state index < -0.39 is 20.2 Å². The van der Waals surface area contributed by atoms with Crippen molar-refractivity contribution in [2.45, 2.75) is 25.9 Å². The van der Waals surface area contributed by atoms with Crippen molar-refractivity contribution in [3.8, 4) is 5.75 Å². The van der Waals surface area contributed by atoms with Gasteiger partial charge in [0.2, 0.25) is 0 Å². The highest BCUT2D eigenvalue weighted by Crippen LogP contribution is 2.17. The van der Waals surface area contributed by atoms with Gasteiger partial charge >= 0.3 is 10.1 Å². The summed E-state index contributed by atoms with van der Waals surface area (Å²) in [7, 11) is -7.24. The summed E-state index contributed by atoms with van der Waals surface area (Å²) in [5.41, 5.74) is 1.60. The van der Waals surface area contributed by atoms with E-state index in [0.29, 0.717) is 11.8 Å². The molecule has 0 aliphatic carbocycles. The highest BCUT2D eigenvalue weighted by Gasteiger charge is 2.18. The fourth-order valence-corrected chi connectivity index (χ4v) is 2.85. The van der Waals surface area contributed by atoms with Gasteiger partial charge in [-0.05, 0) is 43.7 Å². The van der Waals surface area contributed by atoms with E-state index in [4.69, 9.17) is 8.74 Å². The predicted octanol–water partition coefficient (Wildman–Crippen LogP) is 2.45. The molecule has 2 aromatic rings. The molecule has 2 rings (SSSR count). The van der Waals surface area contributed by atoms with Crippen molar-refractivity contribution >= 4 is 26.0 Å². The number of rotatable bonds is 7. The second-order valence-electron chi connectivity index (χ2n) is 6.43. The van der Waals surface area contributed by atoms with Crippen molar-refractivity contribution in [2.75, 3.05) is 12.5 Å². The minimum absolute atomic E-state index is 0.0398. The predicted molar refractivity (Wildman–Crippen MR) is 111 cm³/mol. The molecule has 0 fully saturated rings. The molecule has 0 saturated heterocycles. The Hall–Kier alpha value is -2.27. The van der Waals surface area contributed by atoms with Crippen molar-refractivity contribution in [1.82, 2.24) is 5.32 Å². The van der Waals surface area contributed by atoms with Crippen molar-refractivity contribution in [3.05, 3.63) is 65.7 Å². The van der Waals surface area contributed by atoms with Gasteiger partial charge in [-0.25, -0.2) is 0 Å². The lowest BCUT2D eigenvalue weighted by atomic mass is 10.0. The van der Waals surface area contributed by atoms with Crippen LogP contribution < -0.4 is 9.50 Å². The van der Waals surface area contributed by atoms with Crippen LogP contribution in [0.1, 0.15) is 35.8 Å². The molecular formula is C19H25NO7S2. The number of nitrogens with one attached hydrogen (secondary N) is 1. The largest absolute Gasteiger partial charge is 0.383 e. The van der Waals surface area contributed by atoms with Crippen LogP contribution in [0.15, 0.2) is 54.6 Å². The van der Waals surface area contributed by atoms with Crippen LogP contribution in [0.25, 0.3) is 0 Å². The summed E-state index contributed by atoms with van der Waals surface area (Å²) < 4.78 is 52.8. The van der Waals surface area contributed by atoms with E-state index in [1.807, 2.05) is 44.2 Å². The zero-order valence-corrected chi connectivity index (χ0v) is 18.2. The van der Waals surface area contributed by atoms with Crippen molar-refractivity contribution in [3.63, 3.8) is 0 Å². The van der Waals surface area contributed by atoms with Crippen LogP contribution in [0, 0.1) is 0 Å². The highest BCUT2D eigenvalue weighted by molar-refractivity contribution is 7.86. The van der Waals surface area contributed by atoms with Gasteiger partial charge in [0, 0.05) is 11.6 Å². The van der Waals surface area contributed by atoms with Crippen LogP contribution in [-0.4, -0.2) is 45.7 Å². The Kier molecular flexibility index (Phi) is 8.96. The van der Waals surface area contributed by atoms with Gasteiger partial charge in [0.05, 0.1) is 18.6 Å². The summed E-state index contributed by atoms with van der Waals surface area (Å²) in [4.78, 5) is 12.5. The third-order valence-electron chi connectivity index (χ3n) is 3.58. The zero-order valence-electron chi connectivity index (χ0n) is 16.6. The van der Waals surface area contributed by atoms with Crippen LogP contribution in [0.4, 0.5) is 0 Å². The molecule has 160 valence electrons. The van der Waals surface area contributed by atoms with Crippen molar-refractivity contribution < 1.29 is 30.4 Å². The number of ketones is 1. The molecule has 10 heteroatoms. The Bertz CT molecular complexity index is 994. The monoisotopic (exact) mass is 443 g/mol. The Labute approximate surface area is 171 Å². The summed E-state index contributed by atoms with van der Waals surface area (Å²) in [5, 5.41) is 3.27.